The van der Waals surface area contributed by atoms with E-state index in [0.717, 1.165) is 25.3 Å². The van der Waals surface area contributed by atoms with Crippen molar-refractivity contribution in [2.75, 3.05) is 29.9 Å². The van der Waals surface area contributed by atoms with Crippen LogP contribution >= 0.6 is 0 Å². The minimum Gasteiger partial charge on any atom is -0.367 e. The molecule has 0 bridgehead atoms. The van der Waals surface area contributed by atoms with Crippen LogP contribution in [0.5, 0.6) is 0 Å². The van der Waals surface area contributed by atoms with Gasteiger partial charge >= 0.3 is 0 Å². The summed E-state index contributed by atoms with van der Waals surface area (Å²) < 4.78 is 16.1. The maximum atomic E-state index is 14.5. The van der Waals surface area contributed by atoms with E-state index in [4.69, 9.17) is 5.26 Å². The molecule has 1 N–H and O–H groups in total. The van der Waals surface area contributed by atoms with E-state index < -0.39 is 11.7 Å². The number of anilines is 2. The summed E-state index contributed by atoms with van der Waals surface area (Å²) in [5.74, 6) is -0.913. The van der Waals surface area contributed by atoms with Crippen LogP contribution < -0.4 is 10.2 Å². The number of benzene rings is 1. The second kappa shape index (κ2) is 9.51. The first kappa shape index (κ1) is 23.6. The molecular weight excluding hydrogens is 459 g/mol. The van der Waals surface area contributed by atoms with Gasteiger partial charge in [-0.05, 0) is 32.9 Å². The van der Waals surface area contributed by atoms with Crippen molar-refractivity contribution < 1.29 is 9.18 Å². The van der Waals surface area contributed by atoms with E-state index in [1.165, 1.54) is 6.07 Å². The lowest BCUT2D eigenvalue weighted by Gasteiger charge is -2.45. The van der Waals surface area contributed by atoms with Crippen molar-refractivity contribution in [3.05, 3.63) is 60.1 Å². The van der Waals surface area contributed by atoms with Crippen molar-refractivity contribution in [1.82, 2.24) is 24.3 Å². The molecule has 1 fully saturated rings. The van der Waals surface area contributed by atoms with Gasteiger partial charge in [0.15, 0.2) is 11.5 Å². The summed E-state index contributed by atoms with van der Waals surface area (Å²) in [6.45, 7) is 8.40. The number of piperazine rings is 1. The molecule has 0 aliphatic carbocycles. The molecule has 0 saturated carbocycles. The number of amides is 1. The van der Waals surface area contributed by atoms with E-state index in [1.54, 1.807) is 42.2 Å². The predicted octanol–water partition coefficient (Wildman–Crippen LogP) is 3.79. The average Bonchev–Trinajstić information content (AvgIpc) is 3.23. The molecular formula is C26H27FN8O. The van der Waals surface area contributed by atoms with Crippen molar-refractivity contribution in [2.24, 2.45) is 0 Å². The van der Waals surface area contributed by atoms with Crippen molar-refractivity contribution in [1.29, 1.82) is 5.26 Å². The number of hydrogen-bond acceptors (Lipinski definition) is 7. The van der Waals surface area contributed by atoms with Crippen LogP contribution in [-0.4, -0.2) is 61.9 Å². The summed E-state index contributed by atoms with van der Waals surface area (Å²) in [5, 5.41) is 11.8. The highest BCUT2D eigenvalue weighted by molar-refractivity contribution is 6.13. The second-order valence-electron chi connectivity index (χ2n) is 9.28. The lowest BCUT2D eigenvalue weighted by atomic mass is 10.0. The van der Waals surface area contributed by atoms with Crippen molar-refractivity contribution in [3.8, 4) is 6.07 Å². The Balaban J connectivity index is 1.44. The van der Waals surface area contributed by atoms with Gasteiger partial charge in [0.25, 0.3) is 5.91 Å². The number of carbonyl (C=O) groups is 1. The molecule has 4 aromatic rings. The number of aryl methyl sites for hydroxylation is 1. The molecule has 184 valence electrons. The van der Waals surface area contributed by atoms with E-state index in [0.29, 0.717) is 34.4 Å². The Hall–Kier alpha value is -4.10. The van der Waals surface area contributed by atoms with Crippen LogP contribution in [0.4, 0.5) is 15.8 Å². The van der Waals surface area contributed by atoms with Gasteiger partial charge in [-0.2, -0.15) is 5.26 Å². The summed E-state index contributed by atoms with van der Waals surface area (Å²) in [6, 6.07) is 7.66. The van der Waals surface area contributed by atoms with E-state index >= 15 is 0 Å². The third-order valence-corrected chi connectivity index (χ3v) is 6.66. The normalized spacial score (nSPS) is 18.5. The fourth-order valence-corrected chi connectivity index (χ4v) is 5.10. The first-order valence-corrected chi connectivity index (χ1v) is 11.9. The van der Waals surface area contributed by atoms with Gasteiger partial charge in [-0.25, -0.2) is 9.37 Å². The zero-order valence-electron chi connectivity index (χ0n) is 20.4. The van der Waals surface area contributed by atoms with Crippen molar-refractivity contribution in [3.63, 3.8) is 0 Å². The van der Waals surface area contributed by atoms with Gasteiger partial charge in [0.2, 0.25) is 0 Å². The topological polar surface area (TPSA) is 102 Å². The summed E-state index contributed by atoms with van der Waals surface area (Å²) in [5.41, 5.74) is 3.61. The SMILES string of the molecule is Cc1cn2cc(NC(=O)c3ccc(N4CC(C)N(CCC#N)C(C)C4)c4nccnc34)cc(F)c2n1. The van der Waals surface area contributed by atoms with Crippen LogP contribution in [0.1, 0.15) is 36.3 Å². The van der Waals surface area contributed by atoms with Crippen LogP contribution in [0.3, 0.4) is 0 Å². The second-order valence-corrected chi connectivity index (χ2v) is 9.28. The maximum absolute atomic E-state index is 14.5. The number of pyridine rings is 1. The number of nitrogens with zero attached hydrogens (tertiary/aromatic N) is 7. The first-order chi connectivity index (χ1) is 17.4. The van der Waals surface area contributed by atoms with E-state index in [2.05, 4.69) is 50.0 Å². The molecule has 2 atom stereocenters. The molecule has 1 aliphatic heterocycles. The fraction of sp³-hybridized carbons (Fsp3) is 0.346. The molecule has 1 amide bonds. The van der Waals surface area contributed by atoms with Gasteiger partial charge < -0.3 is 14.6 Å². The number of hydrogen-bond donors (Lipinski definition) is 1. The van der Waals surface area contributed by atoms with Crippen molar-refractivity contribution in [2.45, 2.75) is 39.3 Å². The summed E-state index contributed by atoms with van der Waals surface area (Å²) in [6.07, 6.45) is 7.02. The largest absolute Gasteiger partial charge is 0.367 e. The third kappa shape index (κ3) is 4.33. The minimum atomic E-state index is -0.516. The van der Waals surface area contributed by atoms with Gasteiger partial charge in [-0.3, -0.25) is 19.7 Å². The molecule has 9 nitrogen and oxygen atoms in total. The first-order valence-electron chi connectivity index (χ1n) is 11.9. The number of nitrogens with one attached hydrogen (secondary N) is 1. The lowest BCUT2D eigenvalue weighted by molar-refractivity contribution is 0.102. The molecule has 10 heteroatoms. The highest BCUT2D eigenvalue weighted by Crippen LogP contribution is 2.30. The quantitative estimate of drug-likeness (QED) is 0.458. The average molecular weight is 487 g/mol. The van der Waals surface area contributed by atoms with Gasteiger partial charge in [0, 0.05) is 69.0 Å². The Morgan fingerprint density at radius 3 is 2.61 bits per heavy atom. The van der Waals surface area contributed by atoms with Crippen LogP contribution in [0, 0.1) is 24.1 Å². The number of rotatable bonds is 5. The van der Waals surface area contributed by atoms with E-state index in [1.807, 2.05) is 6.07 Å². The Labute approximate surface area is 208 Å². The summed E-state index contributed by atoms with van der Waals surface area (Å²) in [7, 11) is 0. The molecule has 5 rings (SSSR count). The minimum absolute atomic E-state index is 0.211. The Morgan fingerprint density at radius 2 is 1.89 bits per heavy atom. The third-order valence-electron chi connectivity index (χ3n) is 6.66. The zero-order valence-corrected chi connectivity index (χ0v) is 20.4. The summed E-state index contributed by atoms with van der Waals surface area (Å²) in [4.78, 5) is 31.1. The fourth-order valence-electron chi connectivity index (χ4n) is 5.10. The number of imidazole rings is 1. The Morgan fingerprint density at radius 1 is 1.17 bits per heavy atom. The highest BCUT2D eigenvalue weighted by Gasteiger charge is 2.30. The Bertz CT molecular complexity index is 1480. The molecule has 2 unspecified atom stereocenters. The molecule has 1 saturated heterocycles. The van der Waals surface area contributed by atoms with Crippen LogP contribution in [0.25, 0.3) is 16.7 Å². The molecule has 36 heavy (non-hydrogen) atoms. The number of nitriles is 1. The molecule has 1 aromatic carbocycles. The maximum Gasteiger partial charge on any atom is 0.257 e. The highest BCUT2D eigenvalue weighted by atomic mass is 19.1. The van der Waals surface area contributed by atoms with E-state index in [-0.39, 0.29) is 17.7 Å². The standard InChI is InChI=1S/C26H27FN8O/c1-16-12-34-15-19(11-21(27)25(34)31-16)32-26(36)20-5-6-22(24-23(20)29-8-9-30-24)33-13-17(2)35(10-4-7-28)18(3)14-33/h5-6,8-9,11-12,15,17-18H,4,10,13-14H2,1-3H3,(H,32,36). The molecule has 1 aliphatic rings. The van der Waals surface area contributed by atoms with Crippen molar-refractivity contribution >= 4 is 34.0 Å². The zero-order chi connectivity index (χ0) is 25.4. The van der Waals surface area contributed by atoms with Gasteiger partial charge in [0.05, 0.1) is 28.7 Å². The van der Waals surface area contributed by atoms with Gasteiger partial charge in [0.1, 0.15) is 11.0 Å². The molecule has 3 aromatic heterocycles. The molecule has 0 spiro atoms. The smallest absolute Gasteiger partial charge is 0.257 e. The number of aromatic nitrogens is 4. The Kier molecular flexibility index (Phi) is 6.24. The lowest BCUT2D eigenvalue weighted by Crippen LogP contribution is -2.57. The number of fused-ring (bicyclic) bond motifs is 2. The molecule has 4 heterocycles. The number of carbonyl (C=O) groups excluding carboxylic acids is 1. The van der Waals surface area contributed by atoms with Gasteiger partial charge in [-0.1, -0.05) is 0 Å². The molecule has 0 radical (unpaired) electrons. The van der Waals surface area contributed by atoms with Crippen LogP contribution in [0.2, 0.25) is 0 Å². The van der Waals surface area contributed by atoms with Crippen LogP contribution in [-0.2, 0) is 0 Å². The van der Waals surface area contributed by atoms with Gasteiger partial charge in [-0.15, -0.1) is 0 Å². The predicted molar refractivity (Wildman–Crippen MR) is 135 cm³/mol. The number of halogens is 1. The monoisotopic (exact) mass is 486 g/mol. The van der Waals surface area contributed by atoms with E-state index in [9.17, 15) is 9.18 Å². The summed E-state index contributed by atoms with van der Waals surface area (Å²) >= 11 is 0. The van der Waals surface area contributed by atoms with Crippen LogP contribution in [0.15, 0.2) is 43.0 Å².